The second-order valence-electron chi connectivity index (χ2n) is 7.39. The lowest BCUT2D eigenvalue weighted by Crippen LogP contribution is -2.14. The molecule has 2 heterocycles. The van der Waals surface area contributed by atoms with Crippen molar-refractivity contribution in [2.75, 3.05) is 10.6 Å². The highest BCUT2D eigenvalue weighted by atomic mass is 32.1. The van der Waals surface area contributed by atoms with Crippen LogP contribution in [0.5, 0.6) is 0 Å². The summed E-state index contributed by atoms with van der Waals surface area (Å²) in [5.74, 6) is -0.234. The van der Waals surface area contributed by atoms with Crippen molar-refractivity contribution in [3.63, 3.8) is 0 Å². The Morgan fingerprint density at radius 2 is 1.59 bits per heavy atom. The molecule has 2 amide bonds. The number of hydrogen-bond donors (Lipinski definition) is 2. The number of nitrogens with one attached hydrogen (secondary N) is 2. The third-order valence-electron chi connectivity index (χ3n) is 4.70. The maximum atomic E-state index is 12.7. The molecule has 32 heavy (non-hydrogen) atoms. The molecule has 0 fully saturated rings. The van der Waals surface area contributed by atoms with Crippen LogP contribution in [0, 0.1) is 13.8 Å². The van der Waals surface area contributed by atoms with Gasteiger partial charge in [0.1, 0.15) is 0 Å². The van der Waals surface area contributed by atoms with E-state index in [-0.39, 0.29) is 18.2 Å². The average molecular weight is 463 g/mol. The van der Waals surface area contributed by atoms with Crippen LogP contribution in [-0.2, 0) is 16.0 Å². The molecule has 0 aliphatic carbocycles. The molecule has 4 aromatic rings. The first-order valence-electron chi connectivity index (χ1n) is 10.0. The number of thiazole rings is 2. The first kappa shape index (κ1) is 21.9. The van der Waals surface area contributed by atoms with E-state index in [1.807, 2.05) is 67.8 Å². The minimum absolute atomic E-state index is 0.113. The monoisotopic (exact) mass is 462 g/mol. The molecular formula is C24H22N4O2S2. The molecule has 2 aromatic carbocycles. The number of nitrogens with zero attached hydrogens (tertiary/aromatic N) is 2. The van der Waals surface area contributed by atoms with Crippen molar-refractivity contribution in [1.29, 1.82) is 0 Å². The van der Waals surface area contributed by atoms with Gasteiger partial charge in [-0.3, -0.25) is 9.59 Å². The molecule has 0 radical (unpaired) electrons. The van der Waals surface area contributed by atoms with Crippen molar-refractivity contribution in [1.82, 2.24) is 9.97 Å². The zero-order valence-electron chi connectivity index (χ0n) is 17.9. The molecule has 8 heteroatoms. The Hall–Kier alpha value is -3.36. The van der Waals surface area contributed by atoms with E-state index < -0.39 is 0 Å². The van der Waals surface area contributed by atoms with Crippen molar-refractivity contribution in [2.45, 2.75) is 27.2 Å². The van der Waals surface area contributed by atoms with E-state index in [4.69, 9.17) is 0 Å². The van der Waals surface area contributed by atoms with Gasteiger partial charge in [-0.1, -0.05) is 42.0 Å². The fourth-order valence-electron chi connectivity index (χ4n) is 3.23. The van der Waals surface area contributed by atoms with Crippen molar-refractivity contribution >= 4 is 45.3 Å². The van der Waals surface area contributed by atoms with Gasteiger partial charge in [0.05, 0.1) is 22.8 Å². The molecule has 0 spiro atoms. The van der Waals surface area contributed by atoms with Gasteiger partial charge in [0.25, 0.3) is 0 Å². The molecule has 0 bridgehead atoms. The lowest BCUT2D eigenvalue weighted by molar-refractivity contribution is -0.115. The number of amides is 2. The third kappa shape index (κ3) is 5.27. The van der Waals surface area contributed by atoms with Crippen LogP contribution in [0.15, 0.2) is 53.9 Å². The quantitative estimate of drug-likeness (QED) is 0.386. The molecule has 162 valence electrons. The predicted octanol–water partition coefficient (Wildman–Crippen LogP) is 5.69. The molecule has 2 aromatic heterocycles. The Kier molecular flexibility index (Phi) is 6.43. The van der Waals surface area contributed by atoms with Crippen LogP contribution in [0.1, 0.15) is 22.4 Å². The number of carbonyl (C=O) groups excluding carboxylic acids is 2. The molecule has 4 rings (SSSR count). The zero-order valence-corrected chi connectivity index (χ0v) is 19.6. The summed E-state index contributed by atoms with van der Waals surface area (Å²) in [7, 11) is 0. The number of aryl methyl sites for hydroxylation is 2. The Morgan fingerprint density at radius 3 is 2.28 bits per heavy atom. The van der Waals surface area contributed by atoms with Crippen LogP contribution < -0.4 is 10.6 Å². The number of carbonyl (C=O) groups is 2. The molecule has 6 nitrogen and oxygen atoms in total. The average Bonchev–Trinajstić information content (AvgIpc) is 3.35. The largest absolute Gasteiger partial charge is 0.326 e. The molecule has 2 N–H and O–H groups in total. The van der Waals surface area contributed by atoms with E-state index >= 15 is 0 Å². The fraction of sp³-hybridized carbons (Fsp3) is 0.167. The summed E-state index contributed by atoms with van der Waals surface area (Å²) >= 11 is 2.92. The SMILES string of the molecule is CC(=O)Nc1ccc(-c2csc(NC(=O)Cc3sc(C)nc3-c3ccc(C)cc3)n2)cc1. The number of aromatic nitrogens is 2. The normalized spacial score (nSPS) is 10.7. The second kappa shape index (κ2) is 9.42. The maximum absolute atomic E-state index is 12.7. The number of benzene rings is 2. The summed E-state index contributed by atoms with van der Waals surface area (Å²) in [6.45, 7) is 5.47. The first-order valence-corrected chi connectivity index (χ1v) is 11.7. The van der Waals surface area contributed by atoms with Crippen molar-refractivity contribution < 1.29 is 9.59 Å². The van der Waals surface area contributed by atoms with E-state index in [9.17, 15) is 9.59 Å². The lowest BCUT2D eigenvalue weighted by Gasteiger charge is -2.04. The highest BCUT2D eigenvalue weighted by Crippen LogP contribution is 2.30. The van der Waals surface area contributed by atoms with Crippen molar-refractivity contribution in [3.8, 4) is 22.5 Å². The van der Waals surface area contributed by atoms with Gasteiger partial charge < -0.3 is 10.6 Å². The summed E-state index contributed by atoms with van der Waals surface area (Å²) in [5, 5.41) is 9.03. The number of anilines is 2. The first-order chi connectivity index (χ1) is 15.4. The van der Waals surface area contributed by atoms with E-state index in [0.717, 1.165) is 38.1 Å². The summed E-state index contributed by atoms with van der Waals surface area (Å²) in [6.07, 6.45) is 0.245. The highest BCUT2D eigenvalue weighted by molar-refractivity contribution is 7.14. The van der Waals surface area contributed by atoms with Gasteiger partial charge in [-0.15, -0.1) is 22.7 Å². The summed E-state index contributed by atoms with van der Waals surface area (Å²) in [4.78, 5) is 34.0. The molecular weight excluding hydrogens is 440 g/mol. The third-order valence-corrected chi connectivity index (χ3v) is 6.43. The smallest absolute Gasteiger partial charge is 0.231 e. The van der Waals surface area contributed by atoms with Gasteiger partial charge in [-0.25, -0.2) is 9.97 Å². The van der Waals surface area contributed by atoms with Gasteiger partial charge in [-0.05, 0) is 26.0 Å². The Bertz CT molecular complexity index is 1260. The molecule has 0 aliphatic rings. The topological polar surface area (TPSA) is 84.0 Å². The molecule has 0 atom stereocenters. The van der Waals surface area contributed by atoms with Crippen LogP contribution in [0.3, 0.4) is 0 Å². The van der Waals surface area contributed by atoms with E-state index in [1.165, 1.54) is 23.8 Å². The van der Waals surface area contributed by atoms with Crippen LogP contribution in [0.4, 0.5) is 10.8 Å². The maximum Gasteiger partial charge on any atom is 0.231 e. The molecule has 0 unspecified atom stereocenters. The van der Waals surface area contributed by atoms with Gasteiger partial charge in [0.2, 0.25) is 11.8 Å². The predicted molar refractivity (Wildman–Crippen MR) is 131 cm³/mol. The number of rotatable bonds is 6. The highest BCUT2D eigenvalue weighted by Gasteiger charge is 2.16. The number of hydrogen-bond acceptors (Lipinski definition) is 6. The summed E-state index contributed by atoms with van der Waals surface area (Å²) in [6, 6.07) is 15.6. The fourth-order valence-corrected chi connectivity index (χ4v) is 4.92. The van der Waals surface area contributed by atoms with Gasteiger partial charge in [0.15, 0.2) is 5.13 Å². The molecule has 0 saturated carbocycles. The van der Waals surface area contributed by atoms with E-state index in [1.54, 1.807) is 11.3 Å². The Morgan fingerprint density at radius 1 is 0.906 bits per heavy atom. The molecule has 0 saturated heterocycles. The summed E-state index contributed by atoms with van der Waals surface area (Å²) < 4.78 is 0. The van der Waals surface area contributed by atoms with Crippen LogP contribution in [0.2, 0.25) is 0 Å². The van der Waals surface area contributed by atoms with Crippen LogP contribution in [0.25, 0.3) is 22.5 Å². The summed E-state index contributed by atoms with van der Waals surface area (Å²) in [5.41, 5.74) is 5.48. The Balaban J connectivity index is 1.44. The van der Waals surface area contributed by atoms with Gasteiger partial charge >= 0.3 is 0 Å². The van der Waals surface area contributed by atoms with E-state index in [0.29, 0.717) is 5.13 Å². The van der Waals surface area contributed by atoms with Gasteiger partial charge in [0, 0.05) is 34.0 Å². The van der Waals surface area contributed by atoms with Crippen molar-refractivity contribution in [3.05, 3.63) is 69.4 Å². The minimum Gasteiger partial charge on any atom is -0.326 e. The zero-order chi connectivity index (χ0) is 22.7. The van der Waals surface area contributed by atoms with Gasteiger partial charge in [-0.2, -0.15) is 0 Å². The standard InChI is InChI=1S/C24H22N4O2S2/c1-14-4-6-18(7-5-14)23-21(32-16(3)26-23)12-22(30)28-24-27-20(13-31-24)17-8-10-19(11-9-17)25-15(2)29/h4-11,13H,12H2,1-3H3,(H,25,29)(H,27,28,30). The van der Waals surface area contributed by atoms with Crippen molar-refractivity contribution in [2.24, 2.45) is 0 Å². The van der Waals surface area contributed by atoms with Crippen LogP contribution in [-0.4, -0.2) is 21.8 Å². The lowest BCUT2D eigenvalue weighted by atomic mass is 10.1. The Labute approximate surface area is 194 Å². The second-order valence-corrected chi connectivity index (χ2v) is 9.54. The van der Waals surface area contributed by atoms with Crippen LogP contribution >= 0.6 is 22.7 Å². The minimum atomic E-state index is -0.121. The molecule has 0 aliphatic heterocycles. The van der Waals surface area contributed by atoms with E-state index in [2.05, 4.69) is 20.6 Å².